The summed E-state index contributed by atoms with van der Waals surface area (Å²) in [5.74, 6) is -0.196. The molecule has 1 aromatic rings. The fourth-order valence-electron chi connectivity index (χ4n) is 2.06. The van der Waals surface area contributed by atoms with Crippen LogP contribution in [0.2, 0.25) is 0 Å². The Labute approximate surface area is 135 Å². The molecule has 1 atom stereocenters. The third-order valence-corrected chi connectivity index (χ3v) is 3.97. The minimum absolute atomic E-state index is 0.196. The van der Waals surface area contributed by atoms with E-state index in [-0.39, 0.29) is 11.9 Å². The topological polar surface area (TPSA) is 30.5 Å². The van der Waals surface area contributed by atoms with Crippen molar-refractivity contribution < 1.29 is 13.9 Å². The zero-order valence-electron chi connectivity index (χ0n) is 12.8. The van der Waals surface area contributed by atoms with Gasteiger partial charge in [0.1, 0.15) is 5.82 Å². The quantitative estimate of drug-likeness (QED) is 0.611. The molecule has 0 aliphatic carbocycles. The van der Waals surface area contributed by atoms with Gasteiger partial charge in [0, 0.05) is 24.2 Å². The Hall–Kier alpha value is -0.490. The van der Waals surface area contributed by atoms with Crippen molar-refractivity contribution in [3.8, 4) is 0 Å². The summed E-state index contributed by atoms with van der Waals surface area (Å²) in [6, 6.07) is 5.11. The molecule has 0 saturated heterocycles. The fourth-order valence-corrected chi connectivity index (χ4v) is 2.47. The molecule has 0 bridgehead atoms. The van der Waals surface area contributed by atoms with Crippen LogP contribution in [0.3, 0.4) is 0 Å². The fraction of sp³-hybridized carbons (Fsp3) is 0.625. The lowest BCUT2D eigenvalue weighted by molar-refractivity contribution is 0.0658. The number of hydrogen-bond donors (Lipinski definition) is 1. The maximum atomic E-state index is 13.4. The molecule has 1 aromatic carbocycles. The van der Waals surface area contributed by atoms with Gasteiger partial charge < -0.3 is 14.8 Å². The minimum Gasteiger partial charge on any atom is -0.382 e. The average molecular weight is 362 g/mol. The first-order valence-electron chi connectivity index (χ1n) is 7.41. The van der Waals surface area contributed by atoms with Crippen LogP contribution in [0.4, 0.5) is 4.39 Å². The second kappa shape index (κ2) is 11.1. The molecule has 1 N–H and O–H groups in total. The molecule has 0 amide bonds. The number of nitrogens with one attached hydrogen (secondary N) is 1. The van der Waals surface area contributed by atoms with Crippen LogP contribution in [0.1, 0.15) is 25.3 Å². The lowest BCUT2D eigenvalue weighted by atomic mass is 10.0. The predicted octanol–water partition coefficient (Wildman–Crippen LogP) is 3.55. The molecule has 1 unspecified atom stereocenters. The van der Waals surface area contributed by atoms with E-state index in [0.717, 1.165) is 35.8 Å². The molecule has 0 saturated carbocycles. The van der Waals surface area contributed by atoms with Crippen molar-refractivity contribution in [2.24, 2.45) is 0 Å². The molecule has 5 heteroatoms. The summed E-state index contributed by atoms with van der Waals surface area (Å²) < 4.78 is 24.8. The Balaban J connectivity index is 2.50. The number of benzene rings is 1. The van der Waals surface area contributed by atoms with Crippen LogP contribution in [-0.4, -0.2) is 39.5 Å². The van der Waals surface area contributed by atoms with E-state index in [4.69, 9.17) is 9.47 Å². The molecule has 0 aliphatic rings. The maximum absolute atomic E-state index is 13.4. The van der Waals surface area contributed by atoms with Gasteiger partial charge in [-0.15, -0.1) is 0 Å². The highest BCUT2D eigenvalue weighted by atomic mass is 79.9. The highest BCUT2D eigenvalue weighted by molar-refractivity contribution is 9.10. The van der Waals surface area contributed by atoms with Crippen LogP contribution in [0, 0.1) is 5.82 Å². The predicted molar refractivity (Wildman–Crippen MR) is 87.2 cm³/mol. The van der Waals surface area contributed by atoms with Gasteiger partial charge >= 0.3 is 0 Å². The van der Waals surface area contributed by atoms with Gasteiger partial charge in [0.05, 0.1) is 13.2 Å². The molecular formula is C16H25BrFNO2. The van der Waals surface area contributed by atoms with Gasteiger partial charge in [-0.25, -0.2) is 4.39 Å². The van der Waals surface area contributed by atoms with E-state index in [1.54, 1.807) is 19.2 Å². The highest BCUT2D eigenvalue weighted by Gasteiger charge is 2.12. The SMILES string of the molecule is CCCNC(CCOCCOC)Cc1cc(F)ccc1Br. The van der Waals surface area contributed by atoms with Crippen molar-refractivity contribution >= 4 is 15.9 Å². The number of halogens is 2. The summed E-state index contributed by atoms with van der Waals surface area (Å²) in [7, 11) is 1.66. The van der Waals surface area contributed by atoms with Gasteiger partial charge in [0.15, 0.2) is 0 Å². The van der Waals surface area contributed by atoms with Crippen LogP contribution in [0.15, 0.2) is 22.7 Å². The van der Waals surface area contributed by atoms with Gasteiger partial charge in [-0.3, -0.25) is 0 Å². The molecule has 0 spiro atoms. The normalized spacial score (nSPS) is 12.6. The highest BCUT2D eigenvalue weighted by Crippen LogP contribution is 2.20. The molecule has 0 aliphatic heterocycles. The van der Waals surface area contributed by atoms with Crippen LogP contribution >= 0.6 is 15.9 Å². The van der Waals surface area contributed by atoms with Gasteiger partial charge in [0.2, 0.25) is 0 Å². The molecule has 0 aromatic heterocycles. The largest absolute Gasteiger partial charge is 0.382 e. The van der Waals surface area contributed by atoms with E-state index in [1.807, 2.05) is 0 Å². The number of hydrogen-bond acceptors (Lipinski definition) is 3. The summed E-state index contributed by atoms with van der Waals surface area (Å²) in [5.41, 5.74) is 0.987. The smallest absolute Gasteiger partial charge is 0.123 e. The minimum atomic E-state index is -0.196. The van der Waals surface area contributed by atoms with Crippen LogP contribution in [-0.2, 0) is 15.9 Å². The van der Waals surface area contributed by atoms with Gasteiger partial charge in [0.25, 0.3) is 0 Å². The number of rotatable bonds is 11. The van der Waals surface area contributed by atoms with Gasteiger partial charge in [-0.1, -0.05) is 22.9 Å². The Morgan fingerprint density at radius 1 is 1.29 bits per heavy atom. The standard InChI is InChI=1S/C16H25BrFNO2/c1-3-7-19-15(6-8-21-10-9-20-2)12-13-11-14(18)4-5-16(13)17/h4-5,11,15,19H,3,6-10,12H2,1-2H3. The molecule has 120 valence electrons. The lowest BCUT2D eigenvalue weighted by Crippen LogP contribution is -2.33. The third-order valence-electron chi connectivity index (χ3n) is 3.20. The van der Waals surface area contributed by atoms with Crippen LogP contribution in [0.25, 0.3) is 0 Å². The zero-order valence-corrected chi connectivity index (χ0v) is 14.4. The summed E-state index contributed by atoms with van der Waals surface area (Å²) in [5, 5.41) is 3.50. The lowest BCUT2D eigenvalue weighted by Gasteiger charge is -2.19. The second-order valence-corrected chi connectivity index (χ2v) is 5.84. The Bertz CT molecular complexity index is 404. The molecule has 1 rings (SSSR count). The maximum Gasteiger partial charge on any atom is 0.123 e. The zero-order chi connectivity index (χ0) is 15.5. The van der Waals surface area contributed by atoms with Crippen molar-refractivity contribution in [1.29, 1.82) is 0 Å². The Morgan fingerprint density at radius 2 is 2.10 bits per heavy atom. The van der Waals surface area contributed by atoms with Crippen molar-refractivity contribution in [1.82, 2.24) is 5.32 Å². The summed E-state index contributed by atoms with van der Waals surface area (Å²) in [6.45, 7) is 4.99. The van der Waals surface area contributed by atoms with E-state index in [0.29, 0.717) is 19.8 Å². The average Bonchev–Trinajstić information content (AvgIpc) is 2.47. The summed E-state index contributed by atoms with van der Waals surface area (Å²) in [4.78, 5) is 0. The first-order chi connectivity index (χ1) is 10.2. The summed E-state index contributed by atoms with van der Waals surface area (Å²) >= 11 is 3.49. The van der Waals surface area contributed by atoms with Gasteiger partial charge in [-0.2, -0.15) is 0 Å². The van der Waals surface area contributed by atoms with Crippen molar-refractivity contribution in [3.05, 3.63) is 34.1 Å². The monoisotopic (exact) mass is 361 g/mol. The van der Waals surface area contributed by atoms with Crippen molar-refractivity contribution in [3.63, 3.8) is 0 Å². The summed E-state index contributed by atoms with van der Waals surface area (Å²) in [6.07, 6.45) is 2.75. The third kappa shape index (κ3) is 7.90. The molecular weight excluding hydrogens is 337 g/mol. The van der Waals surface area contributed by atoms with E-state index < -0.39 is 0 Å². The molecule has 0 heterocycles. The van der Waals surface area contributed by atoms with Crippen LogP contribution in [0.5, 0.6) is 0 Å². The van der Waals surface area contributed by atoms with Gasteiger partial charge in [-0.05, 0) is 49.6 Å². The van der Waals surface area contributed by atoms with E-state index >= 15 is 0 Å². The van der Waals surface area contributed by atoms with E-state index in [9.17, 15) is 4.39 Å². The first kappa shape index (κ1) is 18.6. The first-order valence-corrected chi connectivity index (χ1v) is 8.20. The molecule has 3 nitrogen and oxygen atoms in total. The Morgan fingerprint density at radius 3 is 2.81 bits per heavy atom. The van der Waals surface area contributed by atoms with Crippen LogP contribution < -0.4 is 5.32 Å². The number of methoxy groups -OCH3 is 1. The van der Waals surface area contributed by atoms with E-state index in [1.165, 1.54) is 6.07 Å². The molecule has 0 radical (unpaired) electrons. The van der Waals surface area contributed by atoms with Crippen molar-refractivity contribution in [2.75, 3.05) is 33.5 Å². The number of ether oxygens (including phenoxy) is 2. The Kier molecular flexibility index (Phi) is 9.83. The molecule has 21 heavy (non-hydrogen) atoms. The van der Waals surface area contributed by atoms with E-state index in [2.05, 4.69) is 28.2 Å². The second-order valence-electron chi connectivity index (χ2n) is 4.98. The molecule has 0 fully saturated rings. The van der Waals surface area contributed by atoms with Crippen molar-refractivity contribution in [2.45, 2.75) is 32.2 Å².